The molecule has 1 aromatic carbocycles. The lowest BCUT2D eigenvalue weighted by Crippen LogP contribution is -2.07. The molecule has 9 nitrogen and oxygen atoms in total. The van der Waals surface area contributed by atoms with E-state index in [1.54, 1.807) is 11.8 Å². The molecule has 10 heteroatoms. The first-order valence-corrected chi connectivity index (χ1v) is 10.6. The van der Waals surface area contributed by atoms with Crippen LogP contribution in [0.3, 0.4) is 0 Å². The standard InChI is InChI=1S/C21H22N6O3S/c1-12-6-7-19(29-5)17(8-12)27-21(22-24-25-27)31-11-18(28)16-9-13(2)26(15(16)4)20-10-14(3)30-23-20/h6-10H,11H2,1-5H3. The summed E-state index contributed by atoms with van der Waals surface area (Å²) in [5, 5.41) is 16.5. The molecule has 0 fully saturated rings. The quantitative estimate of drug-likeness (QED) is 0.318. The van der Waals surface area contributed by atoms with E-state index in [2.05, 4.69) is 20.7 Å². The summed E-state index contributed by atoms with van der Waals surface area (Å²) >= 11 is 1.28. The Labute approximate surface area is 183 Å². The summed E-state index contributed by atoms with van der Waals surface area (Å²) in [6, 6.07) is 9.47. The van der Waals surface area contributed by atoms with Gasteiger partial charge in [-0.25, -0.2) is 0 Å². The smallest absolute Gasteiger partial charge is 0.214 e. The van der Waals surface area contributed by atoms with Gasteiger partial charge in [0.25, 0.3) is 0 Å². The van der Waals surface area contributed by atoms with Crippen molar-refractivity contribution in [2.75, 3.05) is 12.9 Å². The minimum atomic E-state index is -0.0182. The van der Waals surface area contributed by atoms with Crippen molar-refractivity contribution in [2.45, 2.75) is 32.9 Å². The normalized spacial score (nSPS) is 11.1. The van der Waals surface area contributed by atoms with Crippen molar-refractivity contribution in [3.8, 4) is 17.3 Å². The summed E-state index contributed by atoms with van der Waals surface area (Å²) in [4.78, 5) is 13.0. The zero-order valence-corrected chi connectivity index (χ0v) is 18.7. The van der Waals surface area contributed by atoms with Gasteiger partial charge in [0.1, 0.15) is 17.2 Å². The number of benzene rings is 1. The minimum absolute atomic E-state index is 0.0182. The number of Topliss-reactive ketones (excluding diaryl/α,β-unsaturated/α-hetero) is 1. The van der Waals surface area contributed by atoms with Gasteiger partial charge < -0.3 is 9.26 Å². The van der Waals surface area contributed by atoms with Gasteiger partial charge in [0.2, 0.25) is 5.16 Å². The van der Waals surface area contributed by atoms with Gasteiger partial charge >= 0.3 is 0 Å². The molecule has 3 aromatic heterocycles. The van der Waals surface area contributed by atoms with Crippen molar-refractivity contribution in [2.24, 2.45) is 0 Å². The summed E-state index contributed by atoms with van der Waals surface area (Å²) in [5.74, 6) is 2.20. The van der Waals surface area contributed by atoms with Crippen molar-refractivity contribution < 1.29 is 14.1 Å². The van der Waals surface area contributed by atoms with E-state index in [-0.39, 0.29) is 11.5 Å². The third-order valence-electron chi connectivity index (χ3n) is 4.91. The van der Waals surface area contributed by atoms with Gasteiger partial charge in [-0.2, -0.15) is 4.68 Å². The number of nitrogens with zero attached hydrogens (tertiary/aromatic N) is 6. The summed E-state index contributed by atoms with van der Waals surface area (Å²) in [7, 11) is 1.60. The average molecular weight is 439 g/mol. The molecular formula is C21H22N6O3S. The Morgan fingerprint density at radius 1 is 1.16 bits per heavy atom. The largest absolute Gasteiger partial charge is 0.494 e. The van der Waals surface area contributed by atoms with Gasteiger partial charge in [-0.3, -0.25) is 9.36 Å². The van der Waals surface area contributed by atoms with Crippen LogP contribution in [0.2, 0.25) is 0 Å². The minimum Gasteiger partial charge on any atom is -0.494 e. The molecule has 0 aliphatic carbocycles. The third kappa shape index (κ3) is 3.98. The topological polar surface area (TPSA) is 101 Å². The first kappa shape index (κ1) is 20.9. The Morgan fingerprint density at radius 3 is 2.68 bits per heavy atom. The Balaban J connectivity index is 1.57. The lowest BCUT2D eigenvalue weighted by molar-refractivity contribution is 0.102. The molecular weight excluding hydrogens is 416 g/mol. The van der Waals surface area contributed by atoms with Crippen molar-refractivity contribution in [1.29, 1.82) is 0 Å². The molecule has 0 saturated heterocycles. The molecule has 4 aromatic rings. The maximum atomic E-state index is 13.0. The number of ether oxygens (including phenoxy) is 1. The SMILES string of the molecule is COc1ccc(C)cc1-n1nnnc1SCC(=O)c1cc(C)n(-c2cc(C)on2)c1C. The van der Waals surface area contributed by atoms with Gasteiger partial charge in [-0.1, -0.05) is 23.0 Å². The highest BCUT2D eigenvalue weighted by atomic mass is 32.2. The van der Waals surface area contributed by atoms with Crippen LogP contribution in [0.25, 0.3) is 11.5 Å². The molecule has 0 unspecified atom stereocenters. The number of hydrogen-bond acceptors (Lipinski definition) is 8. The summed E-state index contributed by atoms with van der Waals surface area (Å²) in [6.07, 6.45) is 0. The van der Waals surface area contributed by atoms with Crippen LogP contribution in [0.5, 0.6) is 5.75 Å². The number of rotatable bonds is 7. The van der Waals surface area contributed by atoms with E-state index in [1.165, 1.54) is 11.8 Å². The number of thioether (sulfide) groups is 1. The number of aryl methyl sites for hydroxylation is 3. The number of ketones is 1. The van der Waals surface area contributed by atoms with Gasteiger partial charge in [-0.15, -0.1) is 5.10 Å². The fourth-order valence-electron chi connectivity index (χ4n) is 3.45. The molecule has 3 heterocycles. The molecule has 0 bridgehead atoms. The summed E-state index contributed by atoms with van der Waals surface area (Å²) in [6.45, 7) is 7.65. The van der Waals surface area contributed by atoms with Crippen molar-refractivity contribution in [3.05, 3.63) is 58.6 Å². The van der Waals surface area contributed by atoms with Crippen LogP contribution >= 0.6 is 11.8 Å². The maximum Gasteiger partial charge on any atom is 0.214 e. The number of carbonyl (C=O) groups is 1. The van der Waals surface area contributed by atoms with Crippen LogP contribution in [-0.4, -0.2) is 48.6 Å². The Morgan fingerprint density at radius 2 is 1.97 bits per heavy atom. The predicted octanol–water partition coefficient (Wildman–Crippen LogP) is 3.66. The number of aromatic nitrogens is 6. The van der Waals surface area contributed by atoms with Gasteiger partial charge in [-0.05, 0) is 61.9 Å². The van der Waals surface area contributed by atoms with E-state index in [9.17, 15) is 4.79 Å². The van der Waals surface area contributed by atoms with Crippen molar-refractivity contribution >= 4 is 17.5 Å². The summed E-state index contributed by atoms with van der Waals surface area (Å²) in [5.41, 5.74) is 4.14. The highest BCUT2D eigenvalue weighted by Crippen LogP contribution is 2.28. The number of tetrazole rings is 1. The van der Waals surface area contributed by atoms with Crippen LogP contribution in [0.15, 0.2) is 40.0 Å². The Kier molecular flexibility index (Phi) is 5.64. The van der Waals surface area contributed by atoms with E-state index in [0.717, 1.165) is 22.6 Å². The molecule has 31 heavy (non-hydrogen) atoms. The lowest BCUT2D eigenvalue weighted by Gasteiger charge is -2.10. The van der Waals surface area contributed by atoms with Crippen LogP contribution in [-0.2, 0) is 0 Å². The molecule has 0 saturated carbocycles. The zero-order valence-electron chi connectivity index (χ0n) is 17.9. The second-order valence-corrected chi connectivity index (χ2v) is 8.12. The van der Waals surface area contributed by atoms with Gasteiger partial charge in [0, 0.05) is 23.0 Å². The van der Waals surface area contributed by atoms with Crippen LogP contribution in [0.1, 0.15) is 33.1 Å². The molecule has 0 radical (unpaired) electrons. The second kappa shape index (κ2) is 8.38. The van der Waals surface area contributed by atoms with E-state index in [1.807, 2.05) is 62.6 Å². The fraction of sp³-hybridized carbons (Fsp3) is 0.286. The van der Waals surface area contributed by atoms with Crippen LogP contribution in [0.4, 0.5) is 0 Å². The molecule has 0 atom stereocenters. The van der Waals surface area contributed by atoms with Gasteiger partial charge in [0.15, 0.2) is 11.6 Å². The van der Waals surface area contributed by atoms with Crippen LogP contribution in [0, 0.1) is 27.7 Å². The fourth-order valence-corrected chi connectivity index (χ4v) is 4.22. The van der Waals surface area contributed by atoms with E-state index < -0.39 is 0 Å². The van der Waals surface area contributed by atoms with Gasteiger partial charge in [0.05, 0.1) is 12.9 Å². The molecule has 0 aliphatic rings. The lowest BCUT2D eigenvalue weighted by atomic mass is 10.2. The second-order valence-electron chi connectivity index (χ2n) is 7.18. The highest BCUT2D eigenvalue weighted by Gasteiger charge is 2.20. The Hall–Kier alpha value is -3.40. The van der Waals surface area contributed by atoms with Crippen LogP contribution < -0.4 is 4.74 Å². The summed E-state index contributed by atoms with van der Waals surface area (Å²) < 4.78 is 14.1. The average Bonchev–Trinajstić information content (AvgIpc) is 3.45. The first-order valence-electron chi connectivity index (χ1n) is 9.61. The molecule has 0 N–H and O–H groups in total. The predicted molar refractivity (Wildman–Crippen MR) is 116 cm³/mol. The number of methoxy groups -OCH3 is 1. The number of carbonyl (C=O) groups excluding carboxylic acids is 1. The molecule has 0 spiro atoms. The first-order chi connectivity index (χ1) is 14.9. The van der Waals surface area contributed by atoms with Crippen molar-refractivity contribution in [1.82, 2.24) is 29.9 Å². The van der Waals surface area contributed by atoms with Crippen molar-refractivity contribution in [3.63, 3.8) is 0 Å². The van der Waals surface area contributed by atoms with E-state index in [4.69, 9.17) is 9.26 Å². The Bertz CT molecular complexity index is 1260. The van der Waals surface area contributed by atoms with E-state index in [0.29, 0.717) is 28.0 Å². The molecule has 0 amide bonds. The number of hydrogen-bond donors (Lipinski definition) is 0. The molecule has 4 rings (SSSR count). The highest BCUT2D eigenvalue weighted by molar-refractivity contribution is 7.99. The monoisotopic (exact) mass is 438 g/mol. The molecule has 160 valence electrons. The maximum absolute atomic E-state index is 13.0. The molecule has 0 aliphatic heterocycles. The zero-order chi connectivity index (χ0) is 22.1. The van der Waals surface area contributed by atoms with E-state index >= 15 is 0 Å². The third-order valence-corrected chi connectivity index (χ3v) is 5.83.